The second-order valence-corrected chi connectivity index (χ2v) is 6.07. The fourth-order valence-electron chi connectivity index (χ4n) is 2.68. The van der Waals surface area contributed by atoms with Crippen LogP contribution in [0.2, 0.25) is 0 Å². The van der Waals surface area contributed by atoms with Crippen LogP contribution in [-0.2, 0) is 9.47 Å². The highest BCUT2D eigenvalue weighted by Crippen LogP contribution is 2.35. The molecule has 0 spiro atoms. The van der Waals surface area contributed by atoms with E-state index in [1.165, 1.54) is 6.33 Å². The van der Waals surface area contributed by atoms with Crippen LogP contribution in [0, 0.1) is 12.3 Å². The molecule has 8 heteroatoms. The summed E-state index contributed by atoms with van der Waals surface area (Å²) in [5, 5.41) is 11.1. The summed E-state index contributed by atoms with van der Waals surface area (Å²) in [6.45, 7) is 1.73. The minimum atomic E-state index is 0.392. The van der Waals surface area contributed by atoms with Gasteiger partial charge in [-0.3, -0.25) is 0 Å². The highest BCUT2D eigenvalue weighted by atomic mass is 16.5. The molecule has 0 saturated heterocycles. The van der Waals surface area contributed by atoms with Crippen LogP contribution < -0.4 is 14.8 Å². The van der Waals surface area contributed by atoms with Gasteiger partial charge in [-0.05, 0) is 24.3 Å². The Balaban J connectivity index is 0.00000166. The van der Waals surface area contributed by atoms with Crippen molar-refractivity contribution in [1.29, 1.82) is 0 Å². The molecule has 3 rings (SSSR count). The van der Waals surface area contributed by atoms with Gasteiger partial charge in [0, 0.05) is 44.0 Å². The van der Waals surface area contributed by atoms with Gasteiger partial charge in [0.05, 0.1) is 18.7 Å². The van der Waals surface area contributed by atoms with Crippen LogP contribution in [0.1, 0.15) is 5.56 Å². The van der Waals surface area contributed by atoms with E-state index in [0.717, 1.165) is 29.3 Å². The van der Waals surface area contributed by atoms with Gasteiger partial charge in [-0.25, -0.2) is 9.97 Å². The molecular weight excluding hydrogens is 398 g/mol. The molecule has 0 unspecified atom stereocenters. The molecule has 0 saturated carbocycles. The van der Waals surface area contributed by atoms with Crippen molar-refractivity contribution < 1.29 is 24.1 Å². The summed E-state index contributed by atoms with van der Waals surface area (Å²) in [5.41, 5.74) is 2.34. The second-order valence-electron chi connectivity index (χ2n) is 6.07. The molecule has 2 aromatic carbocycles. The van der Waals surface area contributed by atoms with E-state index in [1.807, 2.05) is 36.4 Å². The highest BCUT2D eigenvalue weighted by molar-refractivity contribution is 5.93. The predicted molar refractivity (Wildman–Crippen MR) is 120 cm³/mol. The lowest BCUT2D eigenvalue weighted by atomic mass is 10.2. The molecule has 8 nitrogen and oxygen atoms in total. The maximum absolute atomic E-state index is 7.00. The summed E-state index contributed by atoms with van der Waals surface area (Å²) in [4.78, 5) is 8.75. The molecule has 1 heterocycles. The maximum atomic E-state index is 7.00. The van der Waals surface area contributed by atoms with Gasteiger partial charge in [-0.15, -0.1) is 6.42 Å². The average molecular weight is 425 g/mol. The molecule has 0 atom stereocenters. The van der Waals surface area contributed by atoms with Crippen molar-refractivity contribution in [3.05, 3.63) is 48.3 Å². The number of aliphatic hydroxyl groups is 1. The number of terminal acetylenes is 1. The molecular formula is C23H27N3O5. The molecule has 0 aliphatic heterocycles. The van der Waals surface area contributed by atoms with E-state index in [2.05, 4.69) is 21.2 Å². The highest BCUT2D eigenvalue weighted by Gasteiger charge is 2.13. The van der Waals surface area contributed by atoms with Crippen molar-refractivity contribution in [2.75, 3.05) is 53.1 Å². The molecule has 0 aliphatic carbocycles. The summed E-state index contributed by atoms with van der Waals surface area (Å²) in [6.07, 6.45) is 6.99. The third-order valence-corrected chi connectivity index (χ3v) is 4.08. The SMILES string of the molecule is C#Cc1cccc(Nc2ncnc3cc(OCCOC)c(OCCOC)cc23)c1.CO. The number of methoxy groups -OCH3 is 2. The molecule has 0 fully saturated rings. The maximum Gasteiger partial charge on any atom is 0.163 e. The molecule has 0 bridgehead atoms. The molecule has 2 N–H and O–H groups in total. The van der Waals surface area contributed by atoms with Gasteiger partial charge < -0.3 is 29.4 Å². The van der Waals surface area contributed by atoms with Gasteiger partial charge in [-0.2, -0.15) is 0 Å². The number of hydrogen-bond acceptors (Lipinski definition) is 8. The Kier molecular flexibility index (Phi) is 10.0. The molecule has 1 aromatic heterocycles. The van der Waals surface area contributed by atoms with Gasteiger partial charge in [0.1, 0.15) is 25.4 Å². The van der Waals surface area contributed by atoms with Gasteiger partial charge in [-0.1, -0.05) is 12.0 Å². The first kappa shape index (κ1) is 23.9. The van der Waals surface area contributed by atoms with Gasteiger partial charge in [0.25, 0.3) is 0 Å². The van der Waals surface area contributed by atoms with Crippen molar-refractivity contribution in [3.63, 3.8) is 0 Å². The van der Waals surface area contributed by atoms with Crippen LogP contribution in [0.25, 0.3) is 10.9 Å². The Morgan fingerprint density at radius 2 is 1.61 bits per heavy atom. The van der Waals surface area contributed by atoms with E-state index in [4.69, 9.17) is 30.5 Å². The smallest absolute Gasteiger partial charge is 0.163 e. The van der Waals surface area contributed by atoms with Crippen LogP contribution in [0.5, 0.6) is 11.5 Å². The zero-order valence-corrected chi connectivity index (χ0v) is 17.9. The van der Waals surface area contributed by atoms with Gasteiger partial charge in [0.2, 0.25) is 0 Å². The monoisotopic (exact) mass is 425 g/mol. The lowest BCUT2D eigenvalue weighted by Crippen LogP contribution is -2.09. The van der Waals surface area contributed by atoms with Crippen molar-refractivity contribution in [2.24, 2.45) is 0 Å². The minimum Gasteiger partial charge on any atom is -0.487 e. The van der Waals surface area contributed by atoms with Crippen molar-refractivity contribution in [3.8, 4) is 23.8 Å². The Morgan fingerprint density at radius 3 is 2.26 bits per heavy atom. The number of nitrogens with one attached hydrogen (secondary N) is 1. The Bertz CT molecular complexity index is 1000. The number of fused-ring (bicyclic) bond motifs is 1. The second kappa shape index (κ2) is 13.0. The standard InChI is InChI=1S/C22H23N3O4.CH4O/c1-4-16-6-5-7-17(12-16)25-22-18-13-20(28-10-8-26-2)21(29-11-9-27-3)14-19(18)23-15-24-22;1-2/h1,5-7,12-15H,8-11H2,2-3H3,(H,23,24,25);2H,1H3. The first-order valence-electron chi connectivity index (χ1n) is 9.56. The zero-order valence-electron chi connectivity index (χ0n) is 17.9. The number of aromatic nitrogens is 2. The van der Waals surface area contributed by atoms with Crippen molar-refractivity contribution >= 4 is 22.4 Å². The summed E-state index contributed by atoms with van der Waals surface area (Å²) < 4.78 is 21.8. The zero-order chi connectivity index (χ0) is 22.5. The largest absolute Gasteiger partial charge is 0.487 e. The molecule has 164 valence electrons. The minimum absolute atomic E-state index is 0.392. The molecule has 0 aliphatic rings. The first-order chi connectivity index (χ1) is 15.2. The number of aliphatic hydroxyl groups excluding tert-OH is 1. The van der Waals surface area contributed by atoms with Crippen LogP contribution in [0.3, 0.4) is 0 Å². The molecule has 3 aromatic rings. The number of rotatable bonds is 10. The third kappa shape index (κ3) is 6.83. The summed E-state index contributed by atoms with van der Waals surface area (Å²) in [6, 6.07) is 11.3. The lowest BCUT2D eigenvalue weighted by Gasteiger charge is -2.15. The number of anilines is 2. The lowest BCUT2D eigenvalue weighted by molar-refractivity contribution is 0.132. The summed E-state index contributed by atoms with van der Waals surface area (Å²) in [7, 11) is 4.25. The van der Waals surface area contributed by atoms with E-state index < -0.39 is 0 Å². The van der Waals surface area contributed by atoms with Crippen LogP contribution in [-0.4, -0.2) is 62.8 Å². The summed E-state index contributed by atoms with van der Waals surface area (Å²) >= 11 is 0. The Hall–Kier alpha value is -3.38. The van der Waals surface area contributed by atoms with Crippen LogP contribution in [0.4, 0.5) is 11.5 Å². The van der Waals surface area contributed by atoms with Gasteiger partial charge >= 0.3 is 0 Å². The first-order valence-corrected chi connectivity index (χ1v) is 9.56. The number of ether oxygens (including phenoxy) is 4. The average Bonchev–Trinajstić information content (AvgIpc) is 2.81. The molecule has 31 heavy (non-hydrogen) atoms. The van der Waals surface area contributed by atoms with E-state index in [1.54, 1.807) is 14.2 Å². The summed E-state index contributed by atoms with van der Waals surface area (Å²) in [5.74, 6) is 4.44. The number of hydrogen-bond donors (Lipinski definition) is 2. The van der Waals surface area contributed by atoms with E-state index in [-0.39, 0.29) is 0 Å². The number of nitrogens with zero attached hydrogens (tertiary/aromatic N) is 2. The predicted octanol–water partition coefficient (Wildman–Crippen LogP) is 3.01. The van der Waals surface area contributed by atoms with Crippen molar-refractivity contribution in [1.82, 2.24) is 9.97 Å². The van der Waals surface area contributed by atoms with Crippen LogP contribution in [0.15, 0.2) is 42.7 Å². The quantitative estimate of drug-likeness (QED) is 0.378. The third-order valence-electron chi connectivity index (χ3n) is 4.08. The molecule has 0 radical (unpaired) electrons. The normalized spacial score (nSPS) is 10.0. The van der Waals surface area contributed by atoms with E-state index >= 15 is 0 Å². The number of benzene rings is 2. The fraction of sp³-hybridized carbons (Fsp3) is 0.304. The van der Waals surface area contributed by atoms with Gasteiger partial charge in [0.15, 0.2) is 11.5 Å². The van der Waals surface area contributed by atoms with E-state index in [9.17, 15) is 0 Å². The molecule has 0 amide bonds. The topological polar surface area (TPSA) is 95.0 Å². The Morgan fingerprint density at radius 1 is 0.935 bits per heavy atom. The van der Waals surface area contributed by atoms with Crippen LogP contribution >= 0.6 is 0 Å². The fourth-order valence-corrected chi connectivity index (χ4v) is 2.68. The van der Waals surface area contributed by atoms with Crippen molar-refractivity contribution in [2.45, 2.75) is 0 Å². The Labute approximate surface area is 182 Å². The van der Waals surface area contributed by atoms with E-state index in [0.29, 0.717) is 43.7 Å².